The number of urea groups is 1. The highest BCUT2D eigenvalue weighted by molar-refractivity contribution is 5.90. The van der Waals surface area contributed by atoms with Crippen molar-refractivity contribution < 1.29 is 22.7 Å². The van der Waals surface area contributed by atoms with E-state index in [1.54, 1.807) is 12.3 Å². The smallest absolute Gasteiger partial charge is 0.404 e. The molecule has 3 rings (SSSR count). The highest BCUT2D eigenvalue weighted by Crippen LogP contribution is 2.29. The fourth-order valence-electron chi connectivity index (χ4n) is 2.57. The minimum absolute atomic E-state index is 0.105. The Kier molecular flexibility index (Phi) is 7.26. The van der Waals surface area contributed by atoms with Gasteiger partial charge < -0.3 is 26.0 Å². The third-order valence-electron chi connectivity index (χ3n) is 3.92. The number of aryl methyl sites for hydroxylation is 1. The molecule has 0 aliphatic carbocycles. The number of ether oxygens (including phenoxy) is 1. The largest absolute Gasteiger partial charge is 0.573 e. The molecule has 32 heavy (non-hydrogen) atoms. The zero-order valence-electron chi connectivity index (χ0n) is 16.9. The van der Waals surface area contributed by atoms with Crippen LogP contribution in [0.1, 0.15) is 5.56 Å². The van der Waals surface area contributed by atoms with Crippen LogP contribution in [0.4, 0.5) is 41.1 Å². The van der Waals surface area contributed by atoms with E-state index in [4.69, 9.17) is 0 Å². The van der Waals surface area contributed by atoms with Crippen molar-refractivity contribution in [3.05, 3.63) is 60.6 Å². The SMILES string of the molecule is Cc1ccnc(Nc2cc(NCCNC(=O)Nc3ccccc3OC(F)(F)F)ncn2)c1. The van der Waals surface area contributed by atoms with Crippen LogP contribution in [0.15, 0.2) is 55.0 Å². The summed E-state index contributed by atoms with van der Waals surface area (Å²) < 4.78 is 41.3. The van der Waals surface area contributed by atoms with E-state index in [0.29, 0.717) is 24.0 Å². The third-order valence-corrected chi connectivity index (χ3v) is 3.92. The molecule has 9 nitrogen and oxygen atoms in total. The summed E-state index contributed by atoms with van der Waals surface area (Å²) in [6.07, 6.45) is -1.81. The van der Waals surface area contributed by atoms with Crippen LogP contribution >= 0.6 is 0 Å². The lowest BCUT2D eigenvalue weighted by Crippen LogP contribution is -2.33. The van der Waals surface area contributed by atoms with Gasteiger partial charge in [0, 0.05) is 25.4 Å². The summed E-state index contributed by atoms with van der Waals surface area (Å²) in [5, 5.41) is 10.9. The van der Waals surface area contributed by atoms with Crippen LogP contribution in [0.5, 0.6) is 5.75 Å². The first-order chi connectivity index (χ1) is 15.3. The minimum Gasteiger partial charge on any atom is -0.404 e. The number of aromatic nitrogens is 3. The second-order valence-corrected chi connectivity index (χ2v) is 6.48. The maximum absolute atomic E-state index is 12.5. The van der Waals surface area contributed by atoms with Gasteiger partial charge in [0.05, 0.1) is 5.69 Å². The first kappa shape index (κ1) is 22.6. The summed E-state index contributed by atoms with van der Waals surface area (Å²) in [5.41, 5.74) is 0.943. The van der Waals surface area contributed by atoms with Crippen LogP contribution in [-0.2, 0) is 0 Å². The Morgan fingerprint density at radius 2 is 1.75 bits per heavy atom. The van der Waals surface area contributed by atoms with Crippen LogP contribution in [-0.4, -0.2) is 40.4 Å². The number of anilines is 4. The fourth-order valence-corrected chi connectivity index (χ4v) is 2.57. The lowest BCUT2D eigenvalue weighted by atomic mass is 10.3. The Morgan fingerprint density at radius 3 is 2.53 bits per heavy atom. The molecule has 1 aromatic carbocycles. The standard InChI is InChI=1S/C20H20F3N7O2/c1-13-6-7-24-17(10-13)30-18-11-16(27-12-28-18)25-8-9-26-19(31)29-14-4-2-3-5-15(14)32-20(21,22)23/h2-7,10-12H,8-9H2,1H3,(H2,26,29,31)(H2,24,25,27,28,30). The number of carbonyl (C=O) groups excluding carboxylic acids is 1. The Balaban J connectivity index is 1.46. The molecule has 0 bridgehead atoms. The van der Waals surface area contributed by atoms with Crippen LogP contribution in [0.2, 0.25) is 0 Å². The number of carbonyl (C=O) groups is 1. The minimum atomic E-state index is -4.86. The number of amides is 2. The maximum Gasteiger partial charge on any atom is 0.573 e. The lowest BCUT2D eigenvalue weighted by molar-refractivity contribution is -0.274. The Morgan fingerprint density at radius 1 is 1.00 bits per heavy atom. The van der Waals surface area contributed by atoms with Gasteiger partial charge in [-0.1, -0.05) is 12.1 Å². The molecule has 2 aromatic heterocycles. The molecule has 168 valence electrons. The molecular formula is C20H20F3N7O2. The van der Waals surface area contributed by atoms with Crippen molar-refractivity contribution in [1.29, 1.82) is 0 Å². The van der Waals surface area contributed by atoms with Crippen LogP contribution in [0.25, 0.3) is 0 Å². The molecule has 12 heteroatoms. The van der Waals surface area contributed by atoms with Crippen molar-refractivity contribution in [3.8, 4) is 5.75 Å². The van der Waals surface area contributed by atoms with Gasteiger partial charge in [0.15, 0.2) is 5.75 Å². The molecule has 0 unspecified atom stereocenters. The summed E-state index contributed by atoms with van der Waals surface area (Å²) in [4.78, 5) is 24.4. The Labute approximate surface area is 181 Å². The highest BCUT2D eigenvalue weighted by Gasteiger charge is 2.32. The van der Waals surface area contributed by atoms with Gasteiger partial charge in [0.1, 0.15) is 23.8 Å². The van der Waals surface area contributed by atoms with E-state index < -0.39 is 18.1 Å². The molecule has 0 fully saturated rings. The number of para-hydroxylation sites is 2. The van der Waals surface area contributed by atoms with Gasteiger partial charge in [-0.15, -0.1) is 13.2 Å². The van der Waals surface area contributed by atoms with Gasteiger partial charge in [-0.3, -0.25) is 0 Å². The zero-order chi connectivity index (χ0) is 23.0. The average molecular weight is 447 g/mol. The molecule has 0 saturated heterocycles. The second kappa shape index (κ2) is 10.3. The van der Waals surface area contributed by atoms with E-state index in [1.807, 2.05) is 19.1 Å². The predicted molar refractivity (Wildman–Crippen MR) is 113 cm³/mol. The number of hydrogen-bond donors (Lipinski definition) is 4. The number of pyridine rings is 1. The van der Waals surface area contributed by atoms with E-state index in [1.165, 1.54) is 24.5 Å². The molecule has 0 saturated carbocycles. The van der Waals surface area contributed by atoms with Gasteiger partial charge in [-0.2, -0.15) is 0 Å². The first-order valence-corrected chi connectivity index (χ1v) is 9.44. The molecule has 0 aliphatic heterocycles. The van der Waals surface area contributed by atoms with E-state index >= 15 is 0 Å². The number of nitrogens with zero attached hydrogens (tertiary/aromatic N) is 3. The van der Waals surface area contributed by atoms with Gasteiger partial charge >= 0.3 is 12.4 Å². The Hall–Kier alpha value is -4.09. The number of hydrogen-bond acceptors (Lipinski definition) is 7. The summed E-state index contributed by atoms with van der Waals surface area (Å²) in [5.74, 6) is 1.19. The van der Waals surface area contributed by atoms with Gasteiger partial charge in [0.2, 0.25) is 0 Å². The lowest BCUT2D eigenvalue weighted by Gasteiger charge is -2.14. The summed E-state index contributed by atoms with van der Waals surface area (Å²) >= 11 is 0. The number of nitrogens with one attached hydrogen (secondary N) is 4. The molecule has 0 atom stereocenters. The topological polar surface area (TPSA) is 113 Å². The van der Waals surface area contributed by atoms with Crippen molar-refractivity contribution in [2.24, 2.45) is 0 Å². The zero-order valence-corrected chi connectivity index (χ0v) is 16.9. The van der Waals surface area contributed by atoms with Crippen molar-refractivity contribution in [2.45, 2.75) is 13.3 Å². The van der Waals surface area contributed by atoms with Crippen molar-refractivity contribution >= 4 is 29.2 Å². The Bertz CT molecular complexity index is 1060. The van der Waals surface area contributed by atoms with E-state index in [0.717, 1.165) is 11.6 Å². The molecule has 0 spiro atoms. The van der Waals surface area contributed by atoms with Crippen molar-refractivity contribution in [1.82, 2.24) is 20.3 Å². The third kappa shape index (κ3) is 7.31. The average Bonchev–Trinajstić information content (AvgIpc) is 2.72. The quantitative estimate of drug-likeness (QED) is 0.385. The number of benzene rings is 1. The molecule has 4 N–H and O–H groups in total. The van der Waals surface area contributed by atoms with Crippen LogP contribution in [0, 0.1) is 6.92 Å². The number of rotatable bonds is 8. The van der Waals surface area contributed by atoms with Crippen molar-refractivity contribution in [3.63, 3.8) is 0 Å². The van der Waals surface area contributed by atoms with Crippen molar-refractivity contribution in [2.75, 3.05) is 29.0 Å². The molecule has 2 amide bonds. The fraction of sp³-hybridized carbons (Fsp3) is 0.200. The molecule has 0 radical (unpaired) electrons. The van der Waals surface area contributed by atoms with E-state index in [-0.39, 0.29) is 12.2 Å². The summed E-state index contributed by atoms with van der Waals surface area (Å²) in [6.45, 7) is 2.44. The van der Waals surface area contributed by atoms with Gasteiger partial charge in [-0.05, 0) is 36.8 Å². The normalized spacial score (nSPS) is 10.9. The maximum atomic E-state index is 12.5. The van der Waals surface area contributed by atoms with Gasteiger partial charge in [-0.25, -0.2) is 19.7 Å². The molecule has 3 aromatic rings. The summed E-state index contributed by atoms with van der Waals surface area (Å²) in [6, 6.07) is 10.0. The number of halogens is 3. The van der Waals surface area contributed by atoms with Gasteiger partial charge in [0.25, 0.3) is 0 Å². The monoisotopic (exact) mass is 447 g/mol. The first-order valence-electron chi connectivity index (χ1n) is 9.44. The van der Waals surface area contributed by atoms with Crippen LogP contribution in [0.3, 0.4) is 0 Å². The van der Waals surface area contributed by atoms with E-state index in [2.05, 4.69) is 41.0 Å². The van der Waals surface area contributed by atoms with E-state index in [9.17, 15) is 18.0 Å². The predicted octanol–water partition coefficient (Wildman–Crippen LogP) is 4.06. The molecular weight excluding hydrogens is 427 g/mol. The number of alkyl halides is 3. The second-order valence-electron chi connectivity index (χ2n) is 6.48. The highest BCUT2D eigenvalue weighted by atomic mass is 19.4. The van der Waals surface area contributed by atoms with Crippen LogP contribution < -0.4 is 26.0 Å². The summed E-state index contributed by atoms with van der Waals surface area (Å²) in [7, 11) is 0. The molecule has 0 aliphatic rings. The molecule has 2 heterocycles.